The molecule has 1 unspecified atom stereocenters. The van der Waals surface area contributed by atoms with Crippen LogP contribution in [0.25, 0.3) is 0 Å². The van der Waals surface area contributed by atoms with Crippen molar-refractivity contribution in [2.24, 2.45) is 0 Å². The lowest BCUT2D eigenvalue weighted by molar-refractivity contribution is -0.161. The second kappa shape index (κ2) is 72.8. The summed E-state index contributed by atoms with van der Waals surface area (Å²) in [6.45, 7) is 4.01. The Morgan fingerprint density at radius 2 is 0.512 bits per heavy atom. The number of hydrogen-bond acceptors (Lipinski definition) is 5. The van der Waals surface area contributed by atoms with Crippen LogP contribution in [0, 0.1) is 0 Å². The Kier molecular flexibility index (Phi) is 68.9. The number of esters is 2. The highest BCUT2D eigenvalue weighted by molar-refractivity contribution is 5.70. The average Bonchev–Trinajstić information content (AvgIpc) is 3.51. The maximum absolute atomic E-state index is 12.4. The van der Waals surface area contributed by atoms with Gasteiger partial charge in [-0.15, -0.1) is 0 Å². The molecule has 0 aliphatic carbocycles. The quantitative estimate of drug-likeness (QED) is 0.0373. The van der Waals surface area contributed by atoms with Crippen LogP contribution in [-0.2, 0) is 19.1 Å². The van der Waals surface area contributed by atoms with Crippen LogP contribution in [0.1, 0.15) is 309 Å². The van der Waals surface area contributed by atoms with Crippen molar-refractivity contribution >= 4 is 11.9 Å². The Morgan fingerprint density at radius 3 is 0.786 bits per heavy atom. The van der Waals surface area contributed by atoms with E-state index in [0.29, 0.717) is 12.8 Å². The number of rotatable bonds is 63. The van der Waals surface area contributed by atoms with Crippen molar-refractivity contribution in [2.45, 2.75) is 315 Å². The molecule has 0 aliphatic heterocycles. The average molecular weight is 1160 g/mol. The van der Waals surface area contributed by atoms with Gasteiger partial charge in [0, 0.05) is 12.8 Å². The number of carbonyl (C=O) groups excluding carboxylic acids is 2. The Morgan fingerprint density at radius 1 is 0.286 bits per heavy atom. The smallest absolute Gasteiger partial charge is 0.306 e. The molecule has 0 bridgehead atoms. The summed E-state index contributed by atoms with van der Waals surface area (Å²) in [5.74, 6) is -0.629. The molecular weight excluding hydrogens is 1030 g/mol. The summed E-state index contributed by atoms with van der Waals surface area (Å²) in [6, 6.07) is 0. The van der Waals surface area contributed by atoms with Gasteiger partial charge in [0.2, 0.25) is 0 Å². The molecule has 0 radical (unpaired) electrons. The Bertz CT molecular complexity index is 1790. The van der Waals surface area contributed by atoms with Crippen LogP contribution in [-0.4, -0.2) is 36.4 Å². The predicted octanol–water partition coefficient (Wildman–Crippen LogP) is 24.6. The van der Waals surface area contributed by atoms with Crippen LogP contribution >= 0.6 is 0 Å². The van der Waals surface area contributed by atoms with Crippen molar-refractivity contribution in [3.8, 4) is 0 Å². The number of ether oxygens (including phenoxy) is 2. The van der Waals surface area contributed by atoms with E-state index in [4.69, 9.17) is 9.47 Å². The van der Waals surface area contributed by atoms with E-state index in [2.05, 4.69) is 172 Å². The Labute approximate surface area is 520 Å². The minimum Gasteiger partial charge on any atom is -0.462 e. The van der Waals surface area contributed by atoms with Gasteiger partial charge in [-0.3, -0.25) is 9.59 Å². The zero-order valence-corrected chi connectivity index (χ0v) is 54.6. The first-order valence-electron chi connectivity index (χ1n) is 35.0. The molecule has 0 aromatic carbocycles. The molecular formula is C79H130O5. The third-order valence-corrected chi connectivity index (χ3v) is 14.8. The van der Waals surface area contributed by atoms with Crippen molar-refractivity contribution in [1.82, 2.24) is 0 Å². The van der Waals surface area contributed by atoms with Crippen LogP contribution in [0.15, 0.2) is 158 Å². The number of aliphatic hydroxyl groups excluding tert-OH is 1. The molecule has 5 nitrogen and oxygen atoms in total. The van der Waals surface area contributed by atoms with Gasteiger partial charge in [0.1, 0.15) is 6.61 Å². The number of carbonyl (C=O) groups is 2. The lowest BCUT2D eigenvalue weighted by Gasteiger charge is -2.15. The topological polar surface area (TPSA) is 72.8 Å². The maximum atomic E-state index is 12.4. The minimum atomic E-state index is -0.802. The molecule has 476 valence electrons. The van der Waals surface area contributed by atoms with E-state index in [1.807, 2.05) is 0 Å². The first kappa shape index (κ1) is 79.5. The minimum absolute atomic E-state index is 0.0864. The zero-order chi connectivity index (χ0) is 60.5. The van der Waals surface area contributed by atoms with Gasteiger partial charge in [0.25, 0.3) is 0 Å². The predicted molar refractivity (Wildman–Crippen MR) is 370 cm³/mol. The molecule has 0 saturated heterocycles. The van der Waals surface area contributed by atoms with E-state index in [-0.39, 0.29) is 25.2 Å². The molecule has 0 aliphatic rings. The first-order chi connectivity index (χ1) is 41.6. The molecule has 0 rings (SSSR count). The van der Waals surface area contributed by atoms with Crippen LogP contribution in [0.3, 0.4) is 0 Å². The van der Waals surface area contributed by atoms with Gasteiger partial charge in [-0.2, -0.15) is 0 Å². The molecule has 0 spiro atoms. The summed E-state index contributed by atoms with van der Waals surface area (Å²) >= 11 is 0. The van der Waals surface area contributed by atoms with E-state index in [1.165, 1.54) is 161 Å². The van der Waals surface area contributed by atoms with Crippen molar-refractivity contribution < 1.29 is 24.2 Å². The highest BCUT2D eigenvalue weighted by Gasteiger charge is 2.16. The summed E-state index contributed by atoms with van der Waals surface area (Å²) in [6.07, 6.45) is 111. The summed E-state index contributed by atoms with van der Waals surface area (Å²) in [5, 5.41) is 9.70. The summed E-state index contributed by atoms with van der Waals surface area (Å²) in [7, 11) is 0. The molecule has 1 atom stereocenters. The van der Waals surface area contributed by atoms with Gasteiger partial charge in [0.15, 0.2) is 6.10 Å². The van der Waals surface area contributed by atoms with E-state index < -0.39 is 6.10 Å². The van der Waals surface area contributed by atoms with E-state index in [0.717, 1.165) is 122 Å². The maximum Gasteiger partial charge on any atom is 0.306 e. The van der Waals surface area contributed by atoms with E-state index in [1.54, 1.807) is 0 Å². The lowest BCUT2D eigenvalue weighted by atomic mass is 10.0. The molecule has 0 aromatic rings. The SMILES string of the molecule is CC/C=C\C/C=C\C/C=C\C/C=C\C/C=C\C/C=C\C/C=C\C/C=C\C/C=C\C/C=C\C/C=C\CCCCCC(=O)OC(CO)COC(=O)CCCCCCCCCCCCCCCCCCCCCCC/C=C\C/C=C\CCCCCCC. The Balaban J connectivity index is 3.58. The highest BCUT2D eigenvalue weighted by atomic mass is 16.6. The van der Waals surface area contributed by atoms with Gasteiger partial charge in [-0.1, -0.05) is 326 Å². The molecule has 0 amide bonds. The van der Waals surface area contributed by atoms with Crippen molar-refractivity contribution in [3.05, 3.63) is 158 Å². The van der Waals surface area contributed by atoms with Crippen LogP contribution in [0.4, 0.5) is 0 Å². The van der Waals surface area contributed by atoms with E-state index in [9.17, 15) is 14.7 Å². The molecule has 5 heteroatoms. The third-order valence-electron chi connectivity index (χ3n) is 14.8. The van der Waals surface area contributed by atoms with Gasteiger partial charge >= 0.3 is 11.9 Å². The van der Waals surface area contributed by atoms with Gasteiger partial charge in [0.05, 0.1) is 6.61 Å². The second-order valence-electron chi connectivity index (χ2n) is 22.9. The molecule has 0 saturated carbocycles. The van der Waals surface area contributed by atoms with Crippen molar-refractivity contribution in [2.75, 3.05) is 13.2 Å². The second-order valence-corrected chi connectivity index (χ2v) is 22.9. The first-order valence-corrected chi connectivity index (χ1v) is 35.0. The Hall–Kier alpha value is -4.48. The standard InChI is InChI=1S/C79H130O5/c1-3-5-7-9-11-13-15-17-19-21-23-25-27-29-31-33-35-37-38-39-40-42-44-46-48-50-52-54-56-58-60-62-64-66-68-70-72-74-79(82)84-77(75-80)76-83-78(81)73-71-69-67-65-63-61-59-57-55-53-51-49-47-45-43-41-36-34-32-30-28-26-24-22-20-18-16-14-12-10-8-6-4-2/h5,7,11,13,16-19,22-25,29,31,35,37,39-40,44,46,50,52,56,58,62,64,77,80H,3-4,6,8-10,12,14-15,20-21,26-28,30,32-34,36,38,41-43,45,47-49,51,53-55,57,59-61,63,65-76H2,1-2H3/b7-5-,13-11-,18-16-,19-17-,24-22-,25-23-,31-29-,37-35-,40-39-,46-44-,52-50-,58-56-,64-62-. The van der Waals surface area contributed by atoms with Crippen molar-refractivity contribution in [3.63, 3.8) is 0 Å². The van der Waals surface area contributed by atoms with Crippen LogP contribution in [0.5, 0.6) is 0 Å². The molecule has 84 heavy (non-hydrogen) atoms. The monoisotopic (exact) mass is 1160 g/mol. The number of aliphatic hydroxyl groups is 1. The van der Waals surface area contributed by atoms with Gasteiger partial charge in [-0.05, 0) is 128 Å². The largest absolute Gasteiger partial charge is 0.462 e. The molecule has 1 N–H and O–H groups in total. The molecule has 0 fully saturated rings. The fourth-order valence-electron chi connectivity index (χ4n) is 9.59. The highest BCUT2D eigenvalue weighted by Crippen LogP contribution is 2.17. The summed E-state index contributed by atoms with van der Waals surface area (Å²) in [4.78, 5) is 24.6. The van der Waals surface area contributed by atoms with Crippen LogP contribution < -0.4 is 0 Å². The van der Waals surface area contributed by atoms with Gasteiger partial charge < -0.3 is 14.6 Å². The fourth-order valence-corrected chi connectivity index (χ4v) is 9.59. The lowest BCUT2D eigenvalue weighted by Crippen LogP contribution is -2.28. The summed E-state index contributed by atoms with van der Waals surface area (Å²) in [5.41, 5.74) is 0. The number of hydrogen-bond donors (Lipinski definition) is 1. The van der Waals surface area contributed by atoms with Crippen LogP contribution in [0.2, 0.25) is 0 Å². The zero-order valence-electron chi connectivity index (χ0n) is 54.6. The number of allylic oxidation sites excluding steroid dienone is 26. The third kappa shape index (κ3) is 70.0. The van der Waals surface area contributed by atoms with E-state index >= 15 is 0 Å². The number of unbranched alkanes of at least 4 members (excludes halogenated alkanes) is 29. The van der Waals surface area contributed by atoms with Gasteiger partial charge in [-0.25, -0.2) is 0 Å². The molecule has 0 aromatic heterocycles. The van der Waals surface area contributed by atoms with Crippen molar-refractivity contribution in [1.29, 1.82) is 0 Å². The molecule has 0 heterocycles. The summed E-state index contributed by atoms with van der Waals surface area (Å²) < 4.78 is 10.7. The normalized spacial score (nSPS) is 13.2. The fraction of sp³-hybridized carbons (Fsp3) is 0.646.